The summed E-state index contributed by atoms with van der Waals surface area (Å²) < 4.78 is 11.6. The van der Waals surface area contributed by atoms with Crippen LogP contribution in [0.3, 0.4) is 0 Å². The minimum atomic E-state index is -1.23. The summed E-state index contributed by atoms with van der Waals surface area (Å²) in [6, 6.07) is 5.54. The van der Waals surface area contributed by atoms with Crippen molar-refractivity contribution in [1.82, 2.24) is 0 Å². The first-order chi connectivity index (χ1) is 14.9. The van der Waals surface area contributed by atoms with Gasteiger partial charge in [0.15, 0.2) is 6.04 Å². The van der Waals surface area contributed by atoms with Crippen LogP contribution in [0.5, 0.6) is 0 Å². The van der Waals surface area contributed by atoms with Gasteiger partial charge in [-0.3, -0.25) is 14.9 Å². The molecule has 0 N–H and O–H groups in total. The first-order valence-electron chi connectivity index (χ1n) is 10.6. The fourth-order valence-electron chi connectivity index (χ4n) is 3.87. The Morgan fingerprint density at radius 1 is 1.29 bits per heavy atom. The van der Waals surface area contributed by atoms with Crippen LogP contribution in [0.15, 0.2) is 34.2 Å². The predicted molar refractivity (Wildman–Crippen MR) is 117 cm³/mol. The molecule has 1 aliphatic rings. The lowest BCUT2D eigenvalue weighted by molar-refractivity contribution is -0.532. The van der Waals surface area contributed by atoms with Crippen LogP contribution in [0, 0.1) is 23.0 Å². The van der Waals surface area contributed by atoms with Gasteiger partial charge in [0.2, 0.25) is 12.1 Å². The lowest BCUT2D eigenvalue weighted by atomic mass is 9.80. The molecular formula is C22H30N2O6S. The third kappa shape index (κ3) is 6.38. The van der Waals surface area contributed by atoms with Crippen LogP contribution in [0.1, 0.15) is 45.6 Å². The Labute approximate surface area is 186 Å². The molecule has 0 aromatic heterocycles. The highest BCUT2D eigenvalue weighted by atomic mass is 32.2. The number of aliphatic imine (C=N–C) groups is 1. The molecule has 2 rings (SSSR count). The number of thioether (sulfide) groups is 1. The number of esters is 1. The summed E-state index contributed by atoms with van der Waals surface area (Å²) in [5.41, 5.74) is 1.09. The number of benzene rings is 1. The quantitative estimate of drug-likeness (QED) is 0.174. The average Bonchev–Trinajstić information content (AvgIpc) is 2.75. The van der Waals surface area contributed by atoms with Crippen molar-refractivity contribution in [1.29, 1.82) is 0 Å². The van der Waals surface area contributed by atoms with E-state index in [1.807, 2.05) is 45.0 Å². The number of isocyanates is 1. The number of rotatable bonds is 10. The smallest absolute Gasteiger partial charge is 0.310 e. The standard InChI is InChI=1S/C22H30N2O6S/c1-5-15(6-2)30-20-19(23-13-25)18(24(27)28)12-17(22(26)29-7-3)21(20)31-16-10-8-14(4)9-11-16/h8-11,15,17-21H,5-7,12H2,1-4H3/t17-,18+,19-,20+,21-/m1/s1. The summed E-state index contributed by atoms with van der Waals surface area (Å²) in [4.78, 5) is 40.1. The molecule has 0 saturated heterocycles. The van der Waals surface area contributed by atoms with Gasteiger partial charge >= 0.3 is 5.97 Å². The second kappa shape index (κ2) is 12.0. The van der Waals surface area contributed by atoms with Gasteiger partial charge in [0.1, 0.15) is 6.10 Å². The zero-order valence-corrected chi connectivity index (χ0v) is 19.2. The molecule has 0 aliphatic heterocycles. The van der Waals surface area contributed by atoms with Crippen molar-refractivity contribution in [3.05, 3.63) is 39.9 Å². The Bertz CT molecular complexity index is 792. The number of nitro groups is 1. The Morgan fingerprint density at radius 2 is 1.94 bits per heavy atom. The summed E-state index contributed by atoms with van der Waals surface area (Å²) in [6.45, 7) is 7.78. The highest BCUT2D eigenvalue weighted by Gasteiger charge is 2.54. The maximum absolute atomic E-state index is 12.8. The van der Waals surface area contributed by atoms with E-state index < -0.39 is 40.2 Å². The predicted octanol–water partition coefficient (Wildman–Crippen LogP) is 3.96. The third-order valence-electron chi connectivity index (χ3n) is 5.56. The number of aryl methyl sites for hydroxylation is 1. The third-order valence-corrected chi connectivity index (χ3v) is 6.98. The van der Waals surface area contributed by atoms with E-state index >= 15 is 0 Å². The van der Waals surface area contributed by atoms with Crippen molar-refractivity contribution >= 4 is 23.8 Å². The van der Waals surface area contributed by atoms with Crippen LogP contribution >= 0.6 is 11.8 Å². The summed E-state index contributed by atoms with van der Waals surface area (Å²) in [7, 11) is 0. The Balaban J connectivity index is 2.54. The number of ether oxygens (including phenoxy) is 2. The minimum absolute atomic E-state index is 0.0754. The van der Waals surface area contributed by atoms with Crippen LogP contribution in [0.4, 0.5) is 0 Å². The van der Waals surface area contributed by atoms with Crippen molar-refractivity contribution in [3.8, 4) is 0 Å². The molecule has 0 radical (unpaired) electrons. The van der Waals surface area contributed by atoms with Gasteiger partial charge in [0.25, 0.3) is 0 Å². The summed E-state index contributed by atoms with van der Waals surface area (Å²) in [6.07, 6.45) is 1.81. The van der Waals surface area contributed by atoms with Crippen LogP contribution < -0.4 is 0 Å². The molecule has 31 heavy (non-hydrogen) atoms. The molecule has 0 heterocycles. The van der Waals surface area contributed by atoms with Gasteiger partial charge in [-0.15, -0.1) is 11.8 Å². The second-order valence-corrected chi connectivity index (χ2v) is 8.84. The summed E-state index contributed by atoms with van der Waals surface area (Å²) in [5.74, 6) is -1.26. The minimum Gasteiger partial charge on any atom is -0.466 e. The molecular weight excluding hydrogens is 420 g/mol. The van der Waals surface area contributed by atoms with Crippen molar-refractivity contribution < 1.29 is 24.0 Å². The molecule has 0 unspecified atom stereocenters. The molecule has 0 bridgehead atoms. The normalized spacial score (nSPS) is 25.6. The first-order valence-corrected chi connectivity index (χ1v) is 11.5. The summed E-state index contributed by atoms with van der Waals surface area (Å²) >= 11 is 1.41. The monoisotopic (exact) mass is 450 g/mol. The van der Waals surface area contributed by atoms with E-state index in [0.717, 1.165) is 10.5 Å². The molecule has 1 aromatic rings. The second-order valence-electron chi connectivity index (χ2n) is 7.59. The maximum Gasteiger partial charge on any atom is 0.310 e. The van der Waals surface area contributed by atoms with Gasteiger partial charge in [-0.1, -0.05) is 31.5 Å². The Morgan fingerprint density at radius 3 is 2.45 bits per heavy atom. The fraction of sp³-hybridized carbons (Fsp3) is 0.636. The van der Waals surface area contributed by atoms with Crippen molar-refractivity contribution in [2.75, 3.05) is 6.61 Å². The molecule has 1 saturated carbocycles. The van der Waals surface area contributed by atoms with E-state index in [1.165, 1.54) is 17.8 Å². The number of carbonyl (C=O) groups is 1. The van der Waals surface area contributed by atoms with E-state index in [-0.39, 0.29) is 19.1 Å². The Kier molecular flexibility index (Phi) is 9.68. The molecule has 8 nitrogen and oxygen atoms in total. The van der Waals surface area contributed by atoms with Crippen LogP contribution in [0.2, 0.25) is 0 Å². The molecule has 1 aliphatic carbocycles. The molecule has 0 amide bonds. The zero-order chi connectivity index (χ0) is 23.0. The number of hydrogen-bond acceptors (Lipinski definition) is 8. The first kappa shape index (κ1) is 25.0. The molecule has 1 fully saturated rings. The number of nitrogens with zero attached hydrogens (tertiary/aromatic N) is 2. The van der Waals surface area contributed by atoms with E-state index in [0.29, 0.717) is 12.8 Å². The molecule has 5 atom stereocenters. The SMILES string of the molecule is CCOC(=O)[C@@H]1C[C@H]([N+](=O)[O-])[C@@H](N=C=O)[C@H](OC(CC)CC)[C@@H]1Sc1ccc(C)cc1. The topological polar surface area (TPSA) is 108 Å². The molecule has 0 spiro atoms. The fourth-order valence-corrected chi connectivity index (χ4v) is 5.22. The van der Waals surface area contributed by atoms with E-state index in [2.05, 4.69) is 4.99 Å². The van der Waals surface area contributed by atoms with Crippen LogP contribution in [-0.4, -0.2) is 53.1 Å². The van der Waals surface area contributed by atoms with Gasteiger partial charge < -0.3 is 9.47 Å². The van der Waals surface area contributed by atoms with Crippen molar-refractivity contribution in [2.45, 2.75) is 81.4 Å². The van der Waals surface area contributed by atoms with Crippen LogP contribution in [-0.2, 0) is 19.1 Å². The zero-order valence-electron chi connectivity index (χ0n) is 18.4. The number of hydrogen-bond donors (Lipinski definition) is 0. The van der Waals surface area contributed by atoms with Crippen molar-refractivity contribution in [3.63, 3.8) is 0 Å². The molecule has 170 valence electrons. The lowest BCUT2D eigenvalue weighted by Gasteiger charge is -2.41. The molecule has 1 aromatic carbocycles. The van der Waals surface area contributed by atoms with Crippen molar-refractivity contribution in [2.24, 2.45) is 10.9 Å². The van der Waals surface area contributed by atoms with Crippen LogP contribution in [0.25, 0.3) is 0 Å². The average molecular weight is 451 g/mol. The maximum atomic E-state index is 12.8. The lowest BCUT2D eigenvalue weighted by Crippen LogP contribution is -2.57. The van der Waals surface area contributed by atoms with Gasteiger partial charge in [0, 0.05) is 16.2 Å². The largest absolute Gasteiger partial charge is 0.466 e. The summed E-state index contributed by atoms with van der Waals surface area (Å²) in [5, 5.41) is 11.3. The van der Waals surface area contributed by atoms with Gasteiger partial charge in [-0.05, 0) is 38.8 Å². The molecule has 9 heteroatoms. The number of carbonyl (C=O) groups excluding carboxylic acids is 2. The Hall–Kier alpha value is -2.22. The van der Waals surface area contributed by atoms with E-state index in [4.69, 9.17) is 9.47 Å². The van der Waals surface area contributed by atoms with E-state index in [9.17, 15) is 19.7 Å². The highest BCUT2D eigenvalue weighted by molar-refractivity contribution is 8.00. The van der Waals surface area contributed by atoms with Gasteiger partial charge in [0.05, 0.1) is 23.9 Å². The van der Waals surface area contributed by atoms with E-state index in [1.54, 1.807) is 6.92 Å². The van der Waals surface area contributed by atoms with Gasteiger partial charge in [-0.25, -0.2) is 4.79 Å². The van der Waals surface area contributed by atoms with Gasteiger partial charge in [-0.2, -0.15) is 4.99 Å². The highest BCUT2D eigenvalue weighted by Crippen LogP contribution is 2.42.